The third-order valence-corrected chi connectivity index (χ3v) is 4.70. The molecular weight excluding hydrogens is 294 g/mol. The highest BCUT2D eigenvalue weighted by Gasteiger charge is 2.16. The Balaban J connectivity index is 1.47. The van der Waals surface area contributed by atoms with E-state index in [-0.39, 0.29) is 0 Å². The first-order valence-corrected chi connectivity index (χ1v) is 8.48. The summed E-state index contributed by atoms with van der Waals surface area (Å²) in [5.41, 5.74) is 3.34. The van der Waals surface area contributed by atoms with Crippen molar-refractivity contribution in [3.63, 3.8) is 0 Å². The van der Waals surface area contributed by atoms with Crippen LogP contribution in [0.15, 0.2) is 40.3 Å². The van der Waals surface area contributed by atoms with Crippen molar-refractivity contribution in [1.82, 2.24) is 9.97 Å². The summed E-state index contributed by atoms with van der Waals surface area (Å²) in [7, 11) is 0. The van der Waals surface area contributed by atoms with Crippen molar-refractivity contribution in [2.75, 3.05) is 5.32 Å². The lowest BCUT2D eigenvalue weighted by atomic mass is 10.0. The third-order valence-electron chi connectivity index (χ3n) is 3.88. The van der Waals surface area contributed by atoms with Crippen LogP contribution in [-0.4, -0.2) is 9.97 Å². The number of rotatable bonds is 4. The molecule has 0 amide bonds. The number of hydrogen-bond donors (Lipinski definition) is 1. The number of anilines is 1. The maximum Gasteiger partial charge on any atom is 0.213 e. The largest absolute Gasteiger partial charge is 0.443 e. The fourth-order valence-corrected chi connectivity index (χ4v) is 3.42. The van der Waals surface area contributed by atoms with Crippen LogP contribution in [0.1, 0.15) is 30.2 Å². The van der Waals surface area contributed by atoms with Crippen LogP contribution in [0.4, 0.5) is 5.69 Å². The molecule has 3 aromatic rings. The number of hydrogen-bond acceptors (Lipinski definition) is 5. The first-order chi connectivity index (χ1) is 10.9. The Labute approximate surface area is 133 Å². The van der Waals surface area contributed by atoms with Crippen molar-refractivity contribution >= 4 is 17.0 Å². The molecule has 0 saturated heterocycles. The lowest BCUT2D eigenvalue weighted by molar-refractivity contribution is 0.444. The van der Waals surface area contributed by atoms with Gasteiger partial charge in [0.05, 0.1) is 12.2 Å². The van der Waals surface area contributed by atoms with Crippen molar-refractivity contribution in [1.29, 1.82) is 0 Å². The summed E-state index contributed by atoms with van der Waals surface area (Å²) in [6, 6.07) is 8.29. The van der Waals surface area contributed by atoms with E-state index in [1.54, 1.807) is 11.3 Å². The van der Waals surface area contributed by atoms with Gasteiger partial charge in [-0.1, -0.05) is 12.1 Å². The molecule has 0 saturated carbocycles. The van der Waals surface area contributed by atoms with Crippen molar-refractivity contribution in [2.24, 2.45) is 0 Å². The zero-order valence-corrected chi connectivity index (χ0v) is 13.0. The van der Waals surface area contributed by atoms with Crippen molar-refractivity contribution in [3.8, 4) is 10.6 Å². The van der Waals surface area contributed by atoms with Crippen LogP contribution in [0, 0.1) is 0 Å². The summed E-state index contributed by atoms with van der Waals surface area (Å²) in [5, 5.41) is 6.42. The molecule has 5 heteroatoms. The van der Waals surface area contributed by atoms with Crippen LogP contribution in [0.25, 0.3) is 10.6 Å². The molecule has 2 heterocycles. The smallest absolute Gasteiger partial charge is 0.213 e. The number of aromatic nitrogens is 2. The van der Waals surface area contributed by atoms with E-state index in [1.165, 1.54) is 12.8 Å². The van der Waals surface area contributed by atoms with E-state index in [0.29, 0.717) is 6.54 Å². The predicted molar refractivity (Wildman–Crippen MR) is 88.0 cm³/mol. The van der Waals surface area contributed by atoms with Gasteiger partial charge in [0, 0.05) is 29.2 Å². The van der Waals surface area contributed by atoms with Gasteiger partial charge in [-0.3, -0.25) is 0 Å². The first-order valence-electron chi connectivity index (χ1n) is 7.60. The first kappa shape index (κ1) is 13.5. The van der Waals surface area contributed by atoms with Crippen molar-refractivity contribution < 1.29 is 4.42 Å². The molecule has 0 radical (unpaired) electrons. The van der Waals surface area contributed by atoms with E-state index >= 15 is 0 Å². The number of thiazole rings is 1. The zero-order valence-electron chi connectivity index (χ0n) is 12.2. The fourth-order valence-electron chi connectivity index (χ4n) is 2.79. The van der Waals surface area contributed by atoms with Crippen LogP contribution >= 0.6 is 11.3 Å². The maximum atomic E-state index is 5.85. The quantitative estimate of drug-likeness (QED) is 0.781. The Bertz CT molecular complexity index is 741. The predicted octanol–water partition coefficient (Wildman–Crippen LogP) is 4.29. The highest BCUT2D eigenvalue weighted by molar-refractivity contribution is 7.13. The Kier molecular flexibility index (Phi) is 3.64. The number of fused-ring (bicyclic) bond motifs is 1. The molecule has 2 aromatic heterocycles. The summed E-state index contributed by atoms with van der Waals surface area (Å²) in [5.74, 6) is 1.87. The van der Waals surface area contributed by atoms with Gasteiger partial charge in [-0.05, 0) is 31.4 Å². The minimum Gasteiger partial charge on any atom is -0.443 e. The monoisotopic (exact) mass is 311 g/mol. The van der Waals surface area contributed by atoms with Crippen LogP contribution in [0.3, 0.4) is 0 Å². The molecule has 0 spiro atoms. The van der Waals surface area contributed by atoms with Crippen molar-refractivity contribution in [3.05, 3.63) is 53.2 Å². The van der Waals surface area contributed by atoms with Gasteiger partial charge in [-0.15, -0.1) is 11.3 Å². The fraction of sp³-hybridized carbons (Fsp3) is 0.294. The molecule has 1 aliphatic carbocycles. The molecule has 1 N–H and O–H groups in total. The molecule has 0 bridgehead atoms. The average molecular weight is 311 g/mol. The summed E-state index contributed by atoms with van der Waals surface area (Å²) in [6.45, 7) is 0.619. The molecule has 1 aromatic carbocycles. The molecule has 0 fully saturated rings. The normalized spacial score (nSPS) is 13.8. The van der Waals surface area contributed by atoms with Crippen molar-refractivity contribution in [2.45, 2.75) is 32.2 Å². The highest BCUT2D eigenvalue weighted by atomic mass is 32.1. The second kappa shape index (κ2) is 5.93. The molecule has 1 aliphatic rings. The van der Waals surface area contributed by atoms with Gasteiger partial charge in [-0.25, -0.2) is 9.97 Å². The topological polar surface area (TPSA) is 51.0 Å². The molecular formula is C17H17N3OS. The van der Waals surface area contributed by atoms with Gasteiger partial charge in [0.15, 0.2) is 0 Å². The summed E-state index contributed by atoms with van der Waals surface area (Å²) < 4.78 is 5.85. The number of oxazole rings is 1. The number of nitrogens with one attached hydrogen (secondary N) is 1. The number of aryl methyl sites for hydroxylation is 2. The Morgan fingerprint density at radius 2 is 2.18 bits per heavy atom. The second-order valence-electron chi connectivity index (χ2n) is 5.46. The minimum absolute atomic E-state index is 0.619. The van der Waals surface area contributed by atoms with Crippen LogP contribution in [0.2, 0.25) is 0 Å². The summed E-state index contributed by atoms with van der Waals surface area (Å²) in [6.07, 6.45) is 6.35. The van der Waals surface area contributed by atoms with E-state index in [1.807, 2.05) is 17.6 Å². The Morgan fingerprint density at radius 3 is 3.05 bits per heavy atom. The zero-order chi connectivity index (χ0) is 14.8. The van der Waals surface area contributed by atoms with E-state index < -0.39 is 0 Å². The van der Waals surface area contributed by atoms with E-state index in [2.05, 4.69) is 33.5 Å². The molecule has 0 unspecified atom stereocenters. The van der Waals surface area contributed by atoms with Crippen LogP contribution in [0.5, 0.6) is 0 Å². The average Bonchev–Trinajstić information content (AvgIpc) is 3.22. The Morgan fingerprint density at radius 1 is 1.23 bits per heavy atom. The molecule has 22 heavy (non-hydrogen) atoms. The lowest BCUT2D eigenvalue weighted by Crippen LogP contribution is -2.01. The molecule has 4 rings (SSSR count). The number of nitrogens with zero attached hydrogens (tertiary/aromatic N) is 2. The summed E-state index contributed by atoms with van der Waals surface area (Å²) in [4.78, 5) is 8.95. The van der Waals surface area contributed by atoms with E-state index in [4.69, 9.17) is 4.42 Å². The SMILES string of the molecule is c1cc(NCc2nc3c(o2)CCCC3)cc(-c2nccs2)c1. The second-order valence-corrected chi connectivity index (χ2v) is 6.35. The maximum absolute atomic E-state index is 5.85. The molecule has 4 nitrogen and oxygen atoms in total. The van der Waals surface area contributed by atoms with E-state index in [0.717, 1.165) is 46.4 Å². The van der Waals surface area contributed by atoms with Gasteiger partial charge < -0.3 is 9.73 Å². The lowest BCUT2D eigenvalue weighted by Gasteiger charge is -2.05. The van der Waals surface area contributed by atoms with Gasteiger partial charge in [0.25, 0.3) is 0 Å². The molecule has 0 atom stereocenters. The van der Waals surface area contributed by atoms with Gasteiger partial charge in [0.1, 0.15) is 10.8 Å². The highest BCUT2D eigenvalue weighted by Crippen LogP contribution is 2.25. The standard InChI is InChI=1S/C17H17N3OS/c1-2-7-15-14(6-1)20-16(21-15)11-19-13-5-3-4-12(10-13)17-18-8-9-22-17/h3-5,8-10,19H,1-2,6-7,11H2. The third kappa shape index (κ3) is 2.76. The number of benzene rings is 1. The van der Waals surface area contributed by atoms with Crippen LogP contribution < -0.4 is 5.32 Å². The molecule has 112 valence electrons. The van der Waals surface area contributed by atoms with Crippen LogP contribution in [-0.2, 0) is 19.4 Å². The van der Waals surface area contributed by atoms with Gasteiger partial charge >= 0.3 is 0 Å². The van der Waals surface area contributed by atoms with E-state index in [9.17, 15) is 0 Å². The van der Waals surface area contributed by atoms with Gasteiger partial charge in [0.2, 0.25) is 5.89 Å². The minimum atomic E-state index is 0.619. The van der Waals surface area contributed by atoms with Gasteiger partial charge in [-0.2, -0.15) is 0 Å². The summed E-state index contributed by atoms with van der Waals surface area (Å²) >= 11 is 1.65. The Hall–Kier alpha value is -2.14. The molecule has 0 aliphatic heterocycles.